The zero-order valence-electron chi connectivity index (χ0n) is 10.4. The standard InChI is InChI=1S/C14H12N4OS/c15-14(18-19)10-5-6-16-8-12(10)20-13-7-9-3-1-2-4-11(9)17-13/h1-8,17,19H,(H2,15,18). The van der Waals surface area contributed by atoms with Crippen molar-refractivity contribution in [2.45, 2.75) is 9.92 Å². The molecule has 0 unspecified atom stereocenters. The van der Waals surface area contributed by atoms with Crippen molar-refractivity contribution in [3.63, 3.8) is 0 Å². The molecule has 2 heterocycles. The SMILES string of the molecule is N/C(=N/O)c1ccncc1Sc1cc2ccccc2[nH]1. The Bertz CT molecular complexity index is 748. The summed E-state index contributed by atoms with van der Waals surface area (Å²) >= 11 is 1.49. The monoisotopic (exact) mass is 284 g/mol. The fraction of sp³-hybridized carbons (Fsp3) is 0. The first-order valence-electron chi connectivity index (χ1n) is 5.95. The van der Waals surface area contributed by atoms with Gasteiger partial charge in [-0.2, -0.15) is 0 Å². The molecular weight excluding hydrogens is 272 g/mol. The second kappa shape index (κ2) is 5.26. The van der Waals surface area contributed by atoms with E-state index in [0.717, 1.165) is 20.8 Å². The number of pyridine rings is 1. The van der Waals surface area contributed by atoms with E-state index in [1.165, 1.54) is 11.8 Å². The Labute approximate surface area is 119 Å². The van der Waals surface area contributed by atoms with Crippen molar-refractivity contribution < 1.29 is 5.21 Å². The predicted molar refractivity (Wildman–Crippen MR) is 79.2 cm³/mol. The Balaban J connectivity index is 1.99. The summed E-state index contributed by atoms with van der Waals surface area (Å²) in [5.41, 5.74) is 7.40. The van der Waals surface area contributed by atoms with E-state index in [1.54, 1.807) is 18.5 Å². The Hall–Kier alpha value is -2.47. The van der Waals surface area contributed by atoms with Gasteiger partial charge in [-0.1, -0.05) is 35.1 Å². The third kappa shape index (κ3) is 2.33. The number of rotatable bonds is 3. The first kappa shape index (κ1) is 12.6. The topological polar surface area (TPSA) is 87.3 Å². The summed E-state index contributed by atoms with van der Waals surface area (Å²) in [7, 11) is 0. The van der Waals surface area contributed by atoms with E-state index in [4.69, 9.17) is 10.9 Å². The molecule has 0 aliphatic heterocycles. The normalized spacial score (nSPS) is 11.9. The first-order valence-corrected chi connectivity index (χ1v) is 6.77. The number of oxime groups is 1. The second-order valence-electron chi connectivity index (χ2n) is 4.18. The number of nitrogens with one attached hydrogen (secondary N) is 1. The van der Waals surface area contributed by atoms with Gasteiger partial charge in [-0.3, -0.25) is 4.98 Å². The molecule has 6 heteroatoms. The maximum atomic E-state index is 8.82. The second-order valence-corrected chi connectivity index (χ2v) is 5.26. The highest BCUT2D eigenvalue weighted by Crippen LogP contribution is 2.31. The number of H-pyrrole nitrogens is 1. The number of nitrogens with two attached hydrogens (primary N) is 1. The number of fused-ring (bicyclic) bond motifs is 1. The van der Waals surface area contributed by atoms with Gasteiger partial charge in [-0.15, -0.1) is 0 Å². The molecule has 3 rings (SSSR count). The molecule has 0 radical (unpaired) electrons. The lowest BCUT2D eigenvalue weighted by atomic mass is 10.2. The third-order valence-corrected chi connectivity index (χ3v) is 3.88. The summed E-state index contributed by atoms with van der Waals surface area (Å²) in [6.07, 6.45) is 3.31. The van der Waals surface area contributed by atoms with Crippen LogP contribution in [0.25, 0.3) is 10.9 Å². The van der Waals surface area contributed by atoms with E-state index in [9.17, 15) is 0 Å². The maximum absolute atomic E-state index is 8.82. The molecule has 0 aliphatic rings. The van der Waals surface area contributed by atoms with Gasteiger partial charge in [0.25, 0.3) is 0 Å². The summed E-state index contributed by atoms with van der Waals surface area (Å²) in [5, 5.41) is 14.0. The van der Waals surface area contributed by atoms with Crippen LogP contribution >= 0.6 is 11.8 Å². The zero-order valence-corrected chi connectivity index (χ0v) is 11.3. The van der Waals surface area contributed by atoms with Crippen molar-refractivity contribution in [1.82, 2.24) is 9.97 Å². The lowest BCUT2D eigenvalue weighted by Gasteiger charge is -2.05. The number of amidine groups is 1. The molecular formula is C14H12N4OS. The minimum absolute atomic E-state index is 0.0750. The van der Waals surface area contributed by atoms with E-state index in [-0.39, 0.29) is 5.84 Å². The number of para-hydroxylation sites is 1. The minimum Gasteiger partial charge on any atom is -0.409 e. The molecule has 0 amide bonds. The molecule has 3 aromatic rings. The minimum atomic E-state index is 0.0750. The van der Waals surface area contributed by atoms with Crippen molar-refractivity contribution in [2.24, 2.45) is 10.9 Å². The molecule has 4 N–H and O–H groups in total. The van der Waals surface area contributed by atoms with Gasteiger partial charge in [0.1, 0.15) is 0 Å². The van der Waals surface area contributed by atoms with Gasteiger partial charge in [-0.05, 0) is 18.2 Å². The number of hydrogen-bond acceptors (Lipinski definition) is 4. The van der Waals surface area contributed by atoms with Gasteiger partial charge in [-0.25, -0.2) is 0 Å². The maximum Gasteiger partial charge on any atom is 0.171 e. The quantitative estimate of drug-likeness (QED) is 0.299. The van der Waals surface area contributed by atoms with Crippen LogP contribution in [0.5, 0.6) is 0 Å². The van der Waals surface area contributed by atoms with Crippen LogP contribution in [0.4, 0.5) is 0 Å². The highest BCUT2D eigenvalue weighted by Gasteiger charge is 2.10. The Morgan fingerprint density at radius 3 is 2.95 bits per heavy atom. The summed E-state index contributed by atoms with van der Waals surface area (Å²) in [6.45, 7) is 0. The lowest BCUT2D eigenvalue weighted by Crippen LogP contribution is -2.14. The van der Waals surface area contributed by atoms with Gasteiger partial charge < -0.3 is 15.9 Å². The molecule has 20 heavy (non-hydrogen) atoms. The van der Waals surface area contributed by atoms with Crippen LogP contribution in [-0.2, 0) is 0 Å². The molecule has 1 aromatic carbocycles. The van der Waals surface area contributed by atoms with Crippen LogP contribution in [0.3, 0.4) is 0 Å². The average molecular weight is 284 g/mol. The van der Waals surface area contributed by atoms with Crippen molar-refractivity contribution in [3.05, 3.63) is 54.4 Å². The molecule has 0 spiro atoms. The first-order chi connectivity index (χ1) is 9.78. The molecule has 2 aromatic heterocycles. The fourth-order valence-electron chi connectivity index (χ4n) is 1.95. The summed E-state index contributed by atoms with van der Waals surface area (Å²) < 4.78 is 0. The van der Waals surface area contributed by atoms with Gasteiger partial charge in [0.2, 0.25) is 0 Å². The van der Waals surface area contributed by atoms with Crippen LogP contribution in [0.2, 0.25) is 0 Å². The van der Waals surface area contributed by atoms with Crippen molar-refractivity contribution in [1.29, 1.82) is 0 Å². The molecule has 0 bridgehead atoms. The largest absolute Gasteiger partial charge is 0.409 e. The Morgan fingerprint density at radius 1 is 1.30 bits per heavy atom. The number of nitrogens with zero attached hydrogens (tertiary/aromatic N) is 2. The number of aromatic amines is 1. The number of benzene rings is 1. The average Bonchev–Trinajstić information content (AvgIpc) is 2.89. The van der Waals surface area contributed by atoms with Crippen molar-refractivity contribution in [3.8, 4) is 0 Å². The molecule has 0 saturated heterocycles. The van der Waals surface area contributed by atoms with E-state index in [0.29, 0.717) is 5.56 Å². The van der Waals surface area contributed by atoms with Crippen LogP contribution in [-0.4, -0.2) is 21.0 Å². The molecule has 5 nitrogen and oxygen atoms in total. The van der Waals surface area contributed by atoms with Crippen molar-refractivity contribution >= 4 is 28.5 Å². The van der Waals surface area contributed by atoms with E-state index in [2.05, 4.69) is 21.2 Å². The number of hydrogen-bond donors (Lipinski definition) is 3. The summed E-state index contributed by atoms with van der Waals surface area (Å²) in [4.78, 5) is 8.23. The van der Waals surface area contributed by atoms with Gasteiger partial charge in [0.15, 0.2) is 5.84 Å². The van der Waals surface area contributed by atoms with Crippen LogP contribution in [0.1, 0.15) is 5.56 Å². The van der Waals surface area contributed by atoms with Crippen LogP contribution < -0.4 is 5.73 Å². The van der Waals surface area contributed by atoms with Gasteiger partial charge in [0.05, 0.1) is 5.03 Å². The smallest absolute Gasteiger partial charge is 0.171 e. The predicted octanol–water partition coefficient (Wildman–Crippen LogP) is 2.81. The fourth-order valence-corrected chi connectivity index (χ4v) is 2.93. The Morgan fingerprint density at radius 2 is 2.15 bits per heavy atom. The molecule has 0 fully saturated rings. The molecule has 0 saturated carbocycles. The van der Waals surface area contributed by atoms with Crippen molar-refractivity contribution in [2.75, 3.05) is 0 Å². The zero-order chi connectivity index (χ0) is 13.9. The molecule has 0 atom stereocenters. The van der Waals surface area contributed by atoms with Gasteiger partial charge >= 0.3 is 0 Å². The third-order valence-electron chi connectivity index (χ3n) is 2.89. The lowest BCUT2D eigenvalue weighted by molar-refractivity contribution is 0.318. The van der Waals surface area contributed by atoms with E-state index < -0.39 is 0 Å². The Kier molecular flexibility index (Phi) is 3.30. The van der Waals surface area contributed by atoms with Crippen LogP contribution in [0, 0.1) is 0 Å². The highest BCUT2D eigenvalue weighted by molar-refractivity contribution is 7.99. The highest BCUT2D eigenvalue weighted by atomic mass is 32.2. The van der Waals surface area contributed by atoms with E-state index >= 15 is 0 Å². The molecule has 0 aliphatic carbocycles. The number of aromatic nitrogens is 2. The summed E-state index contributed by atoms with van der Waals surface area (Å²) in [6, 6.07) is 11.8. The summed E-state index contributed by atoms with van der Waals surface area (Å²) in [5.74, 6) is 0.0750. The molecule has 100 valence electrons. The van der Waals surface area contributed by atoms with Crippen LogP contribution in [0.15, 0.2) is 63.9 Å². The van der Waals surface area contributed by atoms with E-state index in [1.807, 2.05) is 24.3 Å². The van der Waals surface area contributed by atoms with Gasteiger partial charge in [0, 0.05) is 33.8 Å².